The number of amides is 1. The molecule has 1 aliphatic heterocycles. The summed E-state index contributed by atoms with van der Waals surface area (Å²) in [6.45, 7) is 5.78. The Kier molecular flexibility index (Phi) is 5.31. The highest BCUT2D eigenvalue weighted by atomic mass is 16.5. The second-order valence-electron chi connectivity index (χ2n) is 6.81. The molecule has 2 aromatic rings. The van der Waals surface area contributed by atoms with Crippen LogP contribution >= 0.6 is 0 Å². The van der Waals surface area contributed by atoms with Gasteiger partial charge in [-0.3, -0.25) is 9.59 Å². The van der Waals surface area contributed by atoms with Gasteiger partial charge in [0.1, 0.15) is 0 Å². The van der Waals surface area contributed by atoms with Crippen LogP contribution in [0.25, 0.3) is 0 Å². The number of piperidine rings is 1. The van der Waals surface area contributed by atoms with E-state index >= 15 is 0 Å². The molecule has 1 aliphatic rings. The Hall–Kier alpha value is -2.44. The molecule has 0 aliphatic carbocycles. The van der Waals surface area contributed by atoms with E-state index in [0.29, 0.717) is 31.2 Å². The first-order valence-corrected chi connectivity index (χ1v) is 8.81. The summed E-state index contributed by atoms with van der Waals surface area (Å²) < 4.78 is 6.85. The predicted molar refractivity (Wildman–Crippen MR) is 92.3 cm³/mol. The van der Waals surface area contributed by atoms with E-state index in [1.807, 2.05) is 18.7 Å². The molecular weight excluding hydrogens is 320 g/mol. The number of rotatable bonds is 5. The van der Waals surface area contributed by atoms with Crippen LogP contribution in [0.1, 0.15) is 56.7 Å². The minimum atomic E-state index is -0.0835. The van der Waals surface area contributed by atoms with Crippen LogP contribution in [0.2, 0.25) is 0 Å². The van der Waals surface area contributed by atoms with E-state index in [2.05, 4.69) is 10.1 Å². The summed E-state index contributed by atoms with van der Waals surface area (Å²) in [5.74, 6) is 1.72. The van der Waals surface area contributed by atoms with E-state index < -0.39 is 0 Å². The molecule has 3 rings (SSSR count). The maximum atomic E-state index is 12.5. The fourth-order valence-corrected chi connectivity index (χ4v) is 3.08. The van der Waals surface area contributed by atoms with Crippen molar-refractivity contribution < 1.29 is 9.32 Å². The minimum Gasteiger partial charge on any atom is -0.342 e. The SMILES string of the molecule is CC(C)c1nc([C@H]2CCCN(C(=O)CCn3ccccc3=O)C2)no1. The number of carbonyl (C=O) groups is 1. The van der Waals surface area contributed by atoms with Crippen LogP contribution in [0.5, 0.6) is 0 Å². The third kappa shape index (κ3) is 4.15. The van der Waals surface area contributed by atoms with Gasteiger partial charge in [0, 0.05) is 50.2 Å². The number of aromatic nitrogens is 3. The Morgan fingerprint density at radius 3 is 2.96 bits per heavy atom. The maximum absolute atomic E-state index is 12.5. The first-order chi connectivity index (χ1) is 12.0. The smallest absolute Gasteiger partial charge is 0.250 e. The molecule has 0 N–H and O–H groups in total. The summed E-state index contributed by atoms with van der Waals surface area (Å²) in [6, 6.07) is 5.00. The second kappa shape index (κ2) is 7.63. The van der Waals surface area contributed by atoms with Gasteiger partial charge in [0.15, 0.2) is 5.82 Å². The Morgan fingerprint density at radius 1 is 1.40 bits per heavy atom. The number of aryl methyl sites for hydroxylation is 1. The fraction of sp³-hybridized carbons (Fsp3) is 0.556. The molecule has 7 heteroatoms. The maximum Gasteiger partial charge on any atom is 0.250 e. The summed E-state index contributed by atoms with van der Waals surface area (Å²) in [4.78, 5) is 30.6. The van der Waals surface area contributed by atoms with Gasteiger partial charge in [-0.05, 0) is 18.9 Å². The van der Waals surface area contributed by atoms with Crippen LogP contribution in [0, 0.1) is 0 Å². The summed E-state index contributed by atoms with van der Waals surface area (Å²) in [6.07, 6.45) is 3.91. The summed E-state index contributed by atoms with van der Waals surface area (Å²) in [5, 5.41) is 4.09. The average molecular weight is 344 g/mol. The molecule has 1 atom stereocenters. The van der Waals surface area contributed by atoms with Gasteiger partial charge in [0.05, 0.1) is 0 Å². The van der Waals surface area contributed by atoms with Crippen LogP contribution in [0.3, 0.4) is 0 Å². The zero-order chi connectivity index (χ0) is 17.8. The van der Waals surface area contributed by atoms with Gasteiger partial charge in [0.25, 0.3) is 5.56 Å². The molecular formula is C18H24N4O3. The van der Waals surface area contributed by atoms with Crippen LogP contribution < -0.4 is 5.56 Å². The van der Waals surface area contributed by atoms with Crippen molar-refractivity contribution in [3.05, 3.63) is 46.5 Å². The molecule has 0 spiro atoms. The van der Waals surface area contributed by atoms with Crippen LogP contribution in [-0.4, -0.2) is 38.6 Å². The largest absolute Gasteiger partial charge is 0.342 e. The standard InChI is InChI=1S/C18H24N4O3/c1-13(2)18-19-17(20-25-18)14-6-5-10-22(12-14)16(24)8-11-21-9-4-3-7-15(21)23/h3-4,7,9,13-14H,5-6,8,10-12H2,1-2H3/t14-/m0/s1. The van der Waals surface area contributed by atoms with Gasteiger partial charge in [-0.1, -0.05) is 25.1 Å². The minimum absolute atomic E-state index is 0.0630. The lowest BCUT2D eigenvalue weighted by Crippen LogP contribution is -2.40. The molecule has 1 fully saturated rings. The number of pyridine rings is 1. The van der Waals surface area contributed by atoms with E-state index in [9.17, 15) is 9.59 Å². The average Bonchev–Trinajstić information content (AvgIpc) is 3.11. The Morgan fingerprint density at radius 2 is 2.24 bits per heavy atom. The molecule has 0 radical (unpaired) electrons. The van der Waals surface area contributed by atoms with Crippen molar-refractivity contribution in [2.24, 2.45) is 0 Å². The normalized spacial score (nSPS) is 17.9. The molecule has 3 heterocycles. The lowest BCUT2D eigenvalue weighted by Gasteiger charge is -2.31. The highest BCUT2D eigenvalue weighted by Gasteiger charge is 2.28. The third-order valence-corrected chi connectivity index (χ3v) is 4.56. The highest BCUT2D eigenvalue weighted by molar-refractivity contribution is 5.76. The van der Waals surface area contributed by atoms with Gasteiger partial charge in [0.2, 0.25) is 11.8 Å². The summed E-state index contributed by atoms with van der Waals surface area (Å²) in [5.41, 5.74) is -0.0835. The van der Waals surface area contributed by atoms with Crippen LogP contribution in [-0.2, 0) is 11.3 Å². The van der Waals surface area contributed by atoms with Crippen molar-refractivity contribution >= 4 is 5.91 Å². The lowest BCUT2D eigenvalue weighted by atomic mass is 9.97. The number of hydrogen-bond donors (Lipinski definition) is 0. The van der Waals surface area contributed by atoms with E-state index in [4.69, 9.17) is 4.52 Å². The van der Waals surface area contributed by atoms with Crippen LogP contribution in [0.4, 0.5) is 0 Å². The molecule has 25 heavy (non-hydrogen) atoms. The Labute approximate surface area is 146 Å². The molecule has 1 amide bonds. The van der Waals surface area contributed by atoms with Gasteiger partial charge >= 0.3 is 0 Å². The number of carbonyl (C=O) groups excluding carboxylic acids is 1. The van der Waals surface area contributed by atoms with Crippen molar-refractivity contribution in [2.45, 2.75) is 51.5 Å². The zero-order valence-corrected chi connectivity index (χ0v) is 14.7. The molecule has 0 unspecified atom stereocenters. The van der Waals surface area contributed by atoms with Gasteiger partial charge in [-0.2, -0.15) is 4.98 Å². The Balaban J connectivity index is 1.59. The van der Waals surface area contributed by atoms with Crippen LogP contribution in [0.15, 0.2) is 33.7 Å². The molecule has 1 saturated heterocycles. The van der Waals surface area contributed by atoms with Crippen molar-refractivity contribution in [2.75, 3.05) is 13.1 Å². The summed E-state index contributed by atoms with van der Waals surface area (Å²) >= 11 is 0. The Bertz CT molecular complexity index is 780. The number of likely N-dealkylation sites (tertiary alicyclic amines) is 1. The van der Waals surface area contributed by atoms with E-state index in [-0.39, 0.29) is 23.3 Å². The molecule has 0 bridgehead atoms. The molecule has 0 aromatic carbocycles. The first kappa shape index (κ1) is 17.4. The fourth-order valence-electron chi connectivity index (χ4n) is 3.08. The van der Waals surface area contributed by atoms with Gasteiger partial charge in [-0.25, -0.2) is 0 Å². The molecule has 134 valence electrons. The number of hydrogen-bond acceptors (Lipinski definition) is 5. The van der Waals surface area contributed by atoms with E-state index in [1.54, 1.807) is 22.9 Å². The number of nitrogens with zero attached hydrogens (tertiary/aromatic N) is 4. The van der Waals surface area contributed by atoms with E-state index in [0.717, 1.165) is 19.4 Å². The first-order valence-electron chi connectivity index (χ1n) is 8.81. The highest BCUT2D eigenvalue weighted by Crippen LogP contribution is 2.26. The zero-order valence-electron chi connectivity index (χ0n) is 14.7. The van der Waals surface area contributed by atoms with Crippen molar-refractivity contribution in [1.82, 2.24) is 19.6 Å². The van der Waals surface area contributed by atoms with Crippen molar-refractivity contribution in [3.8, 4) is 0 Å². The predicted octanol–water partition coefficient (Wildman–Crippen LogP) is 2.15. The van der Waals surface area contributed by atoms with E-state index in [1.165, 1.54) is 6.07 Å². The quantitative estimate of drug-likeness (QED) is 0.830. The third-order valence-electron chi connectivity index (χ3n) is 4.56. The van der Waals surface area contributed by atoms with Crippen molar-refractivity contribution in [3.63, 3.8) is 0 Å². The second-order valence-corrected chi connectivity index (χ2v) is 6.81. The topological polar surface area (TPSA) is 81.2 Å². The van der Waals surface area contributed by atoms with Gasteiger partial charge < -0.3 is 14.0 Å². The monoisotopic (exact) mass is 344 g/mol. The summed E-state index contributed by atoms with van der Waals surface area (Å²) in [7, 11) is 0. The molecule has 7 nitrogen and oxygen atoms in total. The van der Waals surface area contributed by atoms with Crippen molar-refractivity contribution in [1.29, 1.82) is 0 Å². The van der Waals surface area contributed by atoms with Gasteiger partial charge in [-0.15, -0.1) is 0 Å². The molecule has 2 aromatic heterocycles. The lowest BCUT2D eigenvalue weighted by molar-refractivity contribution is -0.132. The molecule has 0 saturated carbocycles.